The van der Waals surface area contributed by atoms with Crippen LogP contribution in [0.5, 0.6) is 0 Å². The highest BCUT2D eigenvalue weighted by atomic mass is 32.2. The van der Waals surface area contributed by atoms with Crippen LogP contribution in [0.15, 0.2) is 17.6 Å². The molecule has 1 aromatic heterocycles. The fourth-order valence-electron chi connectivity index (χ4n) is 2.46. The maximum atomic E-state index is 11.5. The molecule has 2 rings (SSSR count). The number of hydrogen-bond acceptors (Lipinski definition) is 5. The Balaban J connectivity index is 2.01. The van der Waals surface area contributed by atoms with E-state index < -0.39 is 11.5 Å². The van der Waals surface area contributed by atoms with Crippen molar-refractivity contribution >= 4 is 17.7 Å². The van der Waals surface area contributed by atoms with E-state index in [1.54, 1.807) is 24.2 Å². The molecule has 1 fully saturated rings. The molecular weight excluding hydrogens is 262 g/mol. The van der Waals surface area contributed by atoms with Crippen molar-refractivity contribution in [2.24, 2.45) is 0 Å². The van der Waals surface area contributed by atoms with Crippen molar-refractivity contribution in [3.8, 4) is 0 Å². The summed E-state index contributed by atoms with van der Waals surface area (Å²) < 4.78 is 0. The number of aromatic nitrogens is 2. The van der Waals surface area contributed by atoms with Crippen molar-refractivity contribution in [2.45, 2.75) is 49.1 Å². The van der Waals surface area contributed by atoms with Gasteiger partial charge >= 0.3 is 5.97 Å². The van der Waals surface area contributed by atoms with Gasteiger partial charge in [0.15, 0.2) is 5.16 Å². The summed E-state index contributed by atoms with van der Waals surface area (Å²) in [5.41, 5.74) is 0.264. The van der Waals surface area contributed by atoms with E-state index in [9.17, 15) is 9.90 Å². The quantitative estimate of drug-likeness (QED) is 0.802. The molecule has 19 heavy (non-hydrogen) atoms. The Morgan fingerprint density at radius 1 is 1.58 bits per heavy atom. The summed E-state index contributed by atoms with van der Waals surface area (Å²) in [5.74, 6) is -0.748. The molecule has 1 heterocycles. The molecule has 1 aromatic rings. The predicted molar refractivity (Wildman–Crippen MR) is 74.3 cm³/mol. The van der Waals surface area contributed by atoms with E-state index in [1.165, 1.54) is 0 Å². The van der Waals surface area contributed by atoms with Gasteiger partial charge in [0, 0.05) is 17.6 Å². The zero-order valence-electron chi connectivity index (χ0n) is 11.2. The lowest BCUT2D eigenvalue weighted by molar-refractivity contribution is -0.144. The summed E-state index contributed by atoms with van der Waals surface area (Å²) in [7, 11) is 0. The minimum atomic E-state index is -0.767. The van der Waals surface area contributed by atoms with E-state index in [2.05, 4.69) is 15.3 Å². The molecule has 0 amide bonds. The topological polar surface area (TPSA) is 75.1 Å². The van der Waals surface area contributed by atoms with Crippen LogP contribution in [-0.2, 0) is 4.79 Å². The molecule has 2 N–H and O–H groups in total. The molecule has 0 aliphatic heterocycles. The fraction of sp³-hybridized carbons (Fsp3) is 0.615. The van der Waals surface area contributed by atoms with E-state index in [4.69, 9.17) is 0 Å². The number of likely N-dealkylation sites (N-methyl/N-ethyl adjacent to an activating group) is 1. The molecule has 0 spiro atoms. The van der Waals surface area contributed by atoms with Gasteiger partial charge in [0.1, 0.15) is 5.54 Å². The van der Waals surface area contributed by atoms with Crippen LogP contribution in [0.4, 0.5) is 0 Å². The first kappa shape index (κ1) is 14.3. The molecule has 0 radical (unpaired) electrons. The molecule has 104 valence electrons. The summed E-state index contributed by atoms with van der Waals surface area (Å²) in [6, 6.07) is 0. The molecule has 0 aromatic carbocycles. The van der Waals surface area contributed by atoms with Crippen LogP contribution < -0.4 is 5.32 Å². The summed E-state index contributed by atoms with van der Waals surface area (Å²) in [6.45, 7) is 4.56. The molecule has 0 bridgehead atoms. The molecule has 0 saturated heterocycles. The number of carbonyl (C=O) groups is 1. The second-order valence-corrected chi connectivity index (χ2v) is 6.21. The summed E-state index contributed by atoms with van der Waals surface area (Å²) in [6.07, 6.45) is 5.75. The van der Waals surface area contributed by atoms with Crippen molar-refractivity contribution in [3.05, 3.63) is 18.0 Å². The Morgan fingerprint density at radius 2 is 2.26 bits per heavy atom. The number of carboxylic acid groups (broad SMARTS) is 1. The molecule has 2 unspecified atom stereocenters. The van der Waals surface area contributed by atoms with E-state index in [0.29, 0.717) is 19.4 Å². The van der Waals surface area contributed by atoms with Gasteiger partial charge in [-0.25, -0.2) is 9.97 Å². The molecule has 1 saturated carbocycles. The van der Waals surface area contributed by atoms with Gasteiger partial charge in [-0.05, 0) is 38.3 Å². The second kappa shape index (κ2) is 5.88. The summed E-state index contributed by atoms with van der Waals surface area (Å²) in [5, 5.41) is 13.5. The van der Waals surface area contributed by atoms with Crippen molar-refractivity contribution in [1.29, 1.82) is 0 Å². The third kappa shape index (κ3) is 3.25. The van der Waals surface area contributed by atoms with Crippen LogP contribution in [0.3, 0.4) is 0 Å². The number of hydrogen-bond donors (Lipinski definition) is 2. The number of thioether (sulfide) groups is 1. The number of nitrogens with zero attached hydrogens (tertiary/aromatic N) is 2. The zero-order valence-corrected chi connectivity index (χ0v) is 12.0. The van der Waals surface area contributed by atoms with Crippen molar-refractivity contribution in [1.82, 2.24) is 15.3 Å². The molecular formula is C13H19N3O2S. The molecule has 6 heteroatoms. The largest absolute Gasteiger partial charge is 0.480 e. The van der Waals surface area contributed by atoms with Gasteiger partial charge in [-0.1, -0.05) is 18.7 Å². The minimum Gasteiger partial charge on any atom is -0.480 e. The third-order valence-corrected chi connectivity index (χ3v) is 4.58. The highest BCUT2D eigenvalue weighted by molar-refractivity contribution is 7.99. The number of aryl methyl sites for hydroxylation is 1. The SMILES string of the molecule is CCNC1(C(=O)O)CCC(Sc2ncc(C)cn2)C1. The van der Waals surface area contributed by atoms with Gasteiger partial charge in [-0.3, -0.25) is 4.79 Å². The van der Waals surface area contributed by atoms with Crippen LogP contribution in [0.1, 0.15) is 31.7 Å². The first-order valence-corrected chi connectivity index (χ1v) is 7.37. The van der Waals surface area contributed by atoms with Crippen LogP contribution in [-0.4, -0.2) is 38.4 Å². The van der Waals surface area contributed by atoms with Crippen molar-refractivity contribution in [2.75, 3.05) is 6.54 Å². The Morgan fingerprint density at radius 3 is 2.84 bits per heavy atom. The standard InChI is InChI=1S/C13H19N3O2S/c1-3-16-13(11(17)18)5-4-10(6-13)19-12-14-7-9(2)8-15-12/h7-8,10,16H,3-6H2,1-2H3,(H,17,18). The van der Waals surface area contributed by atoms with Gasteiger partial charge < -0.3 is 10.4 Å². The zero-order chi connectivity index (χ0) is 13.9. The van der Waals surface area contributed by atoms with Crippen LogP contribution in [0.2, 0.25) is 0 Å². The maximum Gasteiger partial charge on any atom is 0.323 e. The molecule has 1 aliphatic rings. The van der Waals surface area contributed by atoms with Crippen LogP contribution in [0, 0.1) is 6.92 Å². The van der Waals surface area contributed by atoms with Gasteiger partial charge in [-0.2, -0.15) is 0 Å². The lowest BCUT2D eigenvalue weighted by Gasteiger charge is -2.25. The monoisotopic (exact) mass is 281 g/mol. The molecule has 5 nitrogen and oxygen atoms in total. The Hall–Kier alpha value is -1.14. The highest BCUT2D eigenvalue weighted by Gasteiger charge is 2.45. The second-order valence-electron chi connectivity index (χ2n) is 4.94. The summed E-state index contributed by atoms with van der Waals surface area (Å²) >= 11 is 1.58. The number of carboxylic acids is 1. The lowest BCUT2D eigenvalue weighted by atomic mass is 9.98. The van der Waals surface area contributed by atoms with E-state index in [0.717, 1.165) is 17.1 Å². The van der Waals surface area contributed by atoms with Gasteiger partial charge in [0.2, 0.25) is 0 Å². The first-order chi connectivity index (χ1) is 9.05. The van der Waals surface area contributed by atoms with E-state index in [-0.39, 0.29) is 5.25 Å². The number of aliphatic carboxylic acids is 1. The average Bonchev–Trinajstić information content (AvgIpc) is 2.77. The van der Waals surface area contributed by atoms with Crippen molar-refractivity contribution in [3.63, 3.8) is 0 Å². The Bertz CT molecular complexity index is 452. The Labute approximate surface area is 117 Å². The van der Waals surface area contributed by atoms with Gasteiger partial charge in [0.05, 0.1) is 0 Å². The number of rotatable bonds is 5. The predicted octanol–water partition coefficient (Wildman–Crippen LogP) is 1.86. The molecule has 1 aliphatic carbocycles. The minimum absolute atomic E-state index is 0.262. The van der Waals surface area contributed by atoms with E-state index >= 15 is 0 Å². The average molecular weight is 281 g/mol. The van der Waals surface area contributed by atoms with Crippen LogP contribution in [0.25, 0.3) is 0 Å². The maximum absolute atomic E-state index is 11.5. The fourth-order valence-corrected chi connectivity index (χ4v) is 3.59. The lowest BCUT2D eigenvalue weighted by Crippen LogP contribution is -2.50. The van der Waals surface area contributed by atoms with Gasteiger partial charge in [-0.15, -0.1) is 0 Å². The molecule has 2 atom stereocenters. The first-order valence-electron chi connectivity index (χ1n) is 6.49. The van der Waals surface area contributed by atoms with Crippen molar-refractivity contribution < 1.29 is 9.90 Å². The smallest absolute Gasteiger partial charge is 0.323 e. The summed E-state index contributed by atoms with van der Waals surface area (Å²) in [4.78, 5) is 20.0. The third-order valence-electron chi connectivity index (χ3n) is 3.42. The Kier molecular flexibility index (Phi) is 4.42. The highest BCUT2D eigenvalue weighted by Crippen LogP contribution is 2.39. The number of nitrogens with one attached hydrogen (secondary N) is 1. The van der Waals surface area contributed by atoms with Gasteiger partial charge in [0.25, 0.3) is 0 Å². The normalized spacial score (nSPS) is 26.5. The van der Waals surface area contributed by atoms with Crippen LogP contribution >= 0.6 is 11.8 Å². The van der Waals surface area contributed by atoms with E-state index in [1.807, 2.05) is 13.8 Å².